The summed E-state index contributed by atoms with van der Waals surface area (Å²) < 4.78 is 8.71. The molecule has 0 spiro atoms. The van der Waals surface area contributed by atoms with E-state index >= 15 is 0 Å². The Morgan fingerprint density at radius 2 is 1.54 bits per heavy atom. The number of carbonyl (C=O) groups is 2. The van der Waals surface area contributed by atoms with E-state index in [4.69, 9.17) is 0 Å². The second-order valence-corrected chi connectivity index (χ2v) is 4.27. The third-order valence-corrected chi connectivity index (χ3v) is 2.42. The standard InChI is InChI=1S/C10H10.2C5H8O2/c1-3-9-7-5-6-8-10(9)4-2;1-4(2)5(6)7-3;1-3-5(6)7-4-2/h3-8H,1-2H2;1H2,2-3H3;3H,1,4H2,2H3. The van der Waals surface area contributed by atoms with Crippen LogP contribution in [0.15, 0.2) is 62.2 Å². The SMILES string of the molecule is C=C(C)C(=O)OC.C=CC(=O)OCC.C=Cc1ccccc1C=C. The molecule has 0 aliphatic heterocycles. The summed E-state index contributed by atoms with van der Waals surface area (Å²) in [5.41, 5.74) is 2.71. The summed E-state index contributed by atoms with van der Waals surface area (Å²) in [5, 5.41) is 0. The fraction of sp³-hybridized carbons (Fsp3) is 0.200. The molecule has 0 fully saturated rings. The topological polar surface area (TPSA) is 52.6 Å². The predicted molar refractivity (Wildman–Crippen MR) is 100 cm³/mol. The summed E-state index contributed by atoms with van der Waals surface area (Å²) in [5.74, 6) is -0.706. The average Bonchev–Trinajstić information content (AvgIpc) is 2.61. The van der Waals surface area contributed by atoms with Crippen molar-refractivity contribution in [3.63, 3.8) is 0 Å². The van der Waals surface area contributed by atoms with Crippen LogP contribution in [0.1, 0.15) is 25.0 Å². The van der Waals surface area contributed by atoms with Gasteiger partial charge in [-0.1, -0.05) is 62.7 Å². The number of hydrogen-bond acceptors (Lipinski definition) is 4. The Bertz CT molecular complexity index is 542. The van der Waals surface area contributed by atoms with E-state index in [0.717, 1.165) is 17.2 Å². The van der Waals surface area contributed by atoms with Crippen LogP contribution < -0.4 is 0 Å². The van der Waals surface area contributed by atoms with Crippen molar-refractivity contribution in [2.75, 3.05) is 13.7 Å². The largest absolute Gasteiger partial charge is 0.466 e. The second kappa shape index (κ2) is 15.0. The van der Waals surface area contributed by atoms with Gasteiger partial charge in [-0.25, -0.2) is 9.59 Å². The van der Waals surface area contributed by atoms with Crippen molar-refractivity contribution >= 4 is 24.1 Å². The first-order valence-corrected chi connectivity index (χ1v) is 7.24. The summed E-state index contributed by atoms with van der Waals surface area (Å²) in [6, 6.07) is 8.02. The molecule has 0 bridgehead atoms. The number of esters is 2. The van der Waals surface area contributed by atoms with Gasteiger partial charge in [0, 0.05) is 11.6 Å². The lowest BCUT2D eigenvalue weighted by Crippen LogP contribution is -1.98. The third-order valence-electron chi connectivity index (χ3n) is 2.42. The predicted octanol–water partition coefficient (Wildman–Crippen LogP) is 4.44. The van der Waals surface area contributed by atoms with E-state index in [1.165, 1.54) is 7.11 Å². The molecule has 130 valence electrons. The Balaban J connectivity index is 0. The molecular weight excluding hydrogens is 304 g/mol. The Morgan fingerprint density at radius 3 is 1.71 bits per heavy atom. The van der Waals surface area contributed by atoms with Gasteiger partial charge in [0.15, 0.2) is 0 Å². The summed E-state index contributed by atoms with van der Waals surface area (Å²) in [6.07, 6.45) is 4.80. The minimum absolute atomic E-state index is 0.347. The number of hydrogen-bond donors (Lipinski definition) is 0. The minimum atomic E-state index is -0.359. The molecule has 0 radical (unpaired) electrons. The zero-order valence-corrected chi connectivity index (χ0v) is 14.7. The summed E-state index contributed by atoms with van der Waals surface area (Å²) in [7, 11) is 1.33. The Hall–Kier alpha value is -2.88. The van der Waals surface area contributed by atoms with Gasteiger partial charge in [0.05, 0.1) is 13.7 Å². The van der Waals surface area contributed by atoms with Gasteiger partial charge in [-0.2, -0.15) is 0 Å². The zero-order chi connectivity index (χ0) is 19.0. The van der Waals surface area contributed by atoms with Crippen LogP contribution in [0.2, 0.25) is 0 Å². The van der Waals surface area contributed by atoms with Gasteiger partial charge in [-0.05, 0) is 25.0 Å². The molecule has 0 saturated heterocycles. The van der Waals surface area contributed by atoms with E-state index in [9.17, 15) is 9.59 Å². The van der Waals surface area contributed by atoms with E-state index in [-0.39, 0.29) is 11.9 Å². The monoisotopic (exact) mass is 330 g/mol. The molecular formula is C20H26O4. The highest BCUT2D eigenvalue weighted by molar-refractivity contribution is 5.86. The number of carbonyl (C=O) groups excluding carboxylic acids is 2. The normalized spacial score (nSPS) is 8.12. The van der Waals surface area contributed by atoms with E-state index < -0.39 is 0 Å². The lowest BCUT2D eigenvalue weighted by atomic mass is 10.1. The lowest BCUT2D eigenvalue weighted by Gasteiger charge is -1.96. The molecule has 0 heterocycles. The van der Waals surface area contributed by atoms with Gasteiger partial charge in [-0.15, -0.1) is 0 Å². The fourth-order valence-electron chi connectivity index (χ4n) is 1.26. The molecule has 0 aromatic heterocycles. The molecule has 0 amide bonds. The molecule has 0 aliphatic carbocycles. The highest BCUT2D eigenvalue weighted by Crippen LogP contribution is 2.10. The number of benzene rings is 1. The van der Waals surface area contributed by atoms with Crippen LogP contribution in [0.5, 0.6) is 0 Å². The molecule has 0 saturated carbocycles. The third kappa shape index (κ3) is 11.7. The molecule has 0 unspecified atom stereocenters. The van der Waals surface area contributed by atoms with E-state index in [0.29, 0.717) is 12.2 Å². The minimum Gasteiger partial charge on any atom is -0.466 e. The first-order valence-electron chi connectivity index (χ1n) is 7.24. The van der Waals surface area contributed by atoms with Crippen molar-refractivity contribution in [2.24, 2.45) is 0 Å². The molecule has 0 atom stereocenters. The van der Waals surface area contributed by atoms with Gasteiger partial charge in [0.1, 0.15) is 0 Å². The number of rotatable bonds is 5. The molecule has 1 rings (SSSR count). The first-order chi connectivity index (χ1) is 11.4. The quantitative estimate of drug-likeness (QED) is 0.591. The maximum absolute atomic E-state index is 10.2. The Kier molecular flexibility index (Phi) is 14.6. The highest BCUT2D eigenvalue weighted by Gasteiger charge is 1.95. The van der Waals surface area contributed by atoms with Crippen molar-refractivity contribution < 1.29 is 19.1 Å². The van der Waals surface area contributed by atoms with E-state index in [1.807, 2.05) is 36.4 Å². The highest BCUT2D eigenvalue weighted by atomic mass is 16.5. The first kappa shape index (κ1) is 23.4. The second-order valence-electron chi connectivity index (χ2n) is 4.27. The van der Waals surface area contributed by atoms with Gasteiger partial charge in [-0.3, -0.25) is 0 Å². The summed E-state index contributed by atoms with van der Waals surface area (Å²) in [4.78, 5) is 20.3. The van der Waals surface area contributed by atoms with Crippen LogP contribution in [-0.4, -0.2) is 25.7 Å². The van der Waals surface area contributed by atoms with Crippen LogP contribution in [-0.2, 0) is 19.1 Å². The van der Waals surface area contributed by atoms with Crippen molar-refractivity contribution in [3.8, 4) is 0 Å². The van der Waals surface area contributed by atoms with E-state index in [1.54, 1.807) is 13.8 Å². The van der Waals surface area contributed by atoms with Gasteiger partial charge in [0.2, 0.25) is 0 Å². The average molecular weight is 330 g/mol. The Labute approximate surface area is 144 Å². The molecule has 1 aromatic rings. The van der Waals surface area contributed by atoms with Crippen LogP contribution in [0, 0.1) is 0 Å². The fourth-order valence-corrected chi connectivity index (χ4v) is 1.26. The smallest absolute Gasteiger partial charge is 0.332 e. The molecule has 1 aromatic carbocycles. The Morgan fingerprint density at radius 1 is 1.08 bits per heavy atom. The molecule has 4 nitrogen and oxygen atoms in total. The maximum atomic E-state index is 10.2. The van der Waals surface area contributed by atoms with Crippen LogP contribution in [0.4, 0.5) is 0 Å². The number of methoxy groups -OCH3 is 1. The lowest BCUT2D eigenvalue weighted by molar-refractivity contribution is -0.137. The molecule has 0 aliphatic rings. The van der Waals surface area contributed by atoms with Crippen LogP contribution in [0.25, 0.3) is 12.2 Å². The zero-order valence-electron chi connectivity index (χ0n) is 14.7. The van der Waals surface area contributed by atoms with Gasteiger partial charge in [0.25, 0.3) is 0 Å². The molecule has 4 heteroatoms. The number of ether oxygens (including phenoxy) is 2. The molecule has 0 N–H and O–H groups in total. The van der Waals surface area contributed by atoms with E-state index in [2.05, 4.69) is 35.8 Å². The van der Waals surface area contributed by atoms with Crippen LogP contribution >= 0.6 is 0 Å². The van der Waals surface area contributed by atoms with Crippen LogP contribution in [0.3, 0.4) is 0 Å². The van der Waals surface area contributed by atoms with Gasteiger partial charge < -0.3 is 9.47 Å². The van der Waals surface area contributed by atoms with Crippen molar-refractivity contribution in [1.82, 2.24) is 0 Å². The maximum Gasteiger partial charge on any atom is 0.332 e. The summed E-state index contributed by atoms with van der Waals surface area (Å²) >= 11 is 0. The van der Waals surface area contributed by atoms with Gasteiger partial charge >= 0.3 is 11.9 Å². The van der Waals surface area contributed by atoms with Crippen molar-refractivity contribution in [3.05, 3.63) is 73.4 Å². The van der Waals surface area contributed by atoms with Crippen molar-refractivity contribution in [2.45, 2.75) is 13.8 Å². The van der Waals surface area contributed by atoms with Crippen molar-refractivity contribution in [1.29, 1.82) is 0 Å². The summed E-state index contributed by atoms with van der Waals surface area (Å²) in [6.45, 7) is 17.7. The molecule has 24 heavy (non-hydrogen) atoms.